The molecule has 0 bridgehead atoms. The van der Waals surface area contributed by atoms with Crippen LogP contribution in [-0.4, -0.2) is 66.8 Å². The quantitative estimate of drug-likeness (QED) is 0.0824. The van der Waals surface area contributed by atoms with E-state index in [2.05, 4.69) is 32.8 Å². The molecule has 1 unspecified atom stereocenters. The van der Waals surface area contributed by atoms with E-state index in [1.165, 1.54) is 10.7 Å². The molecule has 1 atom stereocenters. The van der Waals surface area contributed by atoms with Gasteiger partial charge in [-0.2, -0.15) is 13.2 Å². The van der Waals surface area contributed by atoms with Crippen molar-refractivity contribution >= 4 is 42.2 Å². The third-order valence-electron chi connectivity index (χ3n) is 8.30. The zero-order valence-corrected chi connectivity index (χ0v) is 28.8. The highest BCUT2D eigenvalue weighted by Crippen LogP contribution is 2.38. The summed E-state index contributed by atoms with van der Waals surface area (Å²) in [6.45, 7) is 10.6. The second kappa shape index (κ2) is 17.6. The third kappa shape index (κ3) is 10.2. The van der Waals surface area contributed by atoms with E-state index < -0.39 is 18.2 Å². The molecule has 4 rings (SSSR count). The van der Waals surface area contributed by atoms with Crippen molar-refractivity contribution in [2.24, 2.45) is 26.5 Å². The van der Waals surface area contributed by atoms with Gasteiger partial charge in [-0.05, 0) is 82.8 Å². The highest BCUT2D eigenvalue weighted by atomic mass is 32.2. The molecule has 1 aromatic carbocycles. The number of rotatable bonds is 18. The number of hydrogen-bond acceptors (Lipinski definition) is 9. The Hall–Kier alpha value is -3.68. The number of anilines is 1. The summed E-state index contributed by atoms with van der Waals surface area (Å²) in [7, 11) is 0. The fraction of sp³-hybridized carbons (Fsp3) is 0.486. The van der Waals surface area contributed by atoms with Crippen LogP contribution in [0.3, 0.4) is 0 Å². The normalized spacial score (nSPS) is 15.9. The number of benzene rings is 1. The first-order chi connectivity index (χ1) is 23.1. The number of halogens is 3. The van der Waals surface area contributed by atoms with Crippen LogP contribution in [0.5, 0.6) is 5.88 Å². The minimum atomic E-state index is -4.41. The minimum Gasteiger partial charge on any atom is -0.476 e. The topological polar surface area (TPSA) is 103 Å². The van der Waals surface area contributed by atoms with Gasteiger partial charge < -0.3 is 14.4 Å². The lowest BCUT2D eigenvalue weighted by Gasteiger charge is -2.26. The number of aliphatic imine (C=N–C) groups is 2. The zero-order chi connectivity index (χ0) is 34.6. The van der Waals surface area contributed by atoms with E-state index in [-0.39, 0.29) is 5.88 Å². The molecule has 13 heteroatoms. The smallest absolute Gasteiger partial charge is 0.397 e. The van der Waals surface area contributed by atoms with Crippen molar-refractivity contribution in [2.45, 2.75) is 70.5 Å². The van der Waals surface area contributed by atoms with Gasteiger partial charge in [0.25, 0.3) is 0 Å². The van der Waals surface area contributed by atoms with Gasteiger partial charge in [0.2, 0.25) is 5.88 Å². The number of nitrogens with two attached hydrogens (primary N) is 1. The van der Waals surface area contributed by atoms with Crippen molar-refractivity contribution in [3.63, 3.8) is 0 Å². The standard InChI is InChI=1S/C35H46F3N7O2S/c1-5-41-33(45-21-18-30(43-45)47-25-34(2,3)35(36,37)38)32(40-4)28-15-10-9-14-27(28)13-8-6-7-11-20-44(23-26-19-22-46-24-26)29-16-12-17-31(42-29)48-39/h5,9-10,12,14-18,21,26H,4,6-8,11,13,19-20,22-25,39H2,1-3H3/b33-32+,41-5-. The van der Waals surface area contributed by atoms with Gasteiger partial charge in [0.1, 0.15) is 23.1 Å². The maximum absolute atomic E-state index is 13.3. The van der Waals surface area contributed by atoms with Gasteiger partial charge in [0, 0.05) is 49.7 Å². The number of nitrogens with zero attached hydrogens (tertiary/aromatic N) is 6. The van der Waals surface area contributed by atoms with Crippen LogP contribution in [0.4, 0.5) is 19.0 Å². The number of alkyl halides is 3. The van der Waals surface area contributed by atoms with Gasteiger partial charge in [0.05, 0.1) is 12.0 Å². The Bertz CT molecular complexity index is 1530. The van der Waals surface area contributed by atoms with Crippen LogP contribution in [0, 0.1) is 11.3 Å². The molecule has 0 radical (unpaired) electrons. The summed E-state index contributed by atoms with van der Waals surface area (Å²) in [6, 6.07) is 15.5. The summed E-state index contributed by atoms with van der Waals surface area (Å²) in [5.74, 6) is 1.91. The van der Waals surface area contributed by atoms with Crippen LogP contribution < -0.4 is 14.8 Å². The second-order valence-electron chi connectivity index (χ2n) is 12.4. The van der Waals surface area contributed by atoms with Crippen LogP contribution >= 0.6 is 11.9 Å². The number of ether oxygens (including phenoxy) is 2. The van der Waals surface area contributed by atoms with E-state index in [0.717, 1.165) is 113 Å². The highest BCUT2D eigenvalue weighted by Gasteiger charge is 2.48. The molecule has 9 nitrogen and oxygen atoms in total. The predicted molar refractivity (Wildman–Crippen MR) is 188 cm³/mol. The van der Waals surface area contributed by atoms with Crippen LogP contribution in [0.2, 0.25) is 0 Å². The average Bonchev–Trinajstić information content (AvgIpc) is 3.77. The van der Waals surface area contributed by atoms with Crippen LogP contribution in [0.1, 0.15) is 64.0 Å². The van der Waals surface area contributed by atoms with Gasteiger partial charge >= 0.3 is 6.18 Å². The first-order valence-corrected chi connectivity index (χ1v) is 17.1. The SMILES string of the molecule is C=N/C(=C(\N=C/C)n1ccc(OCC(C)(C)C(F)(F)F)n1)c1ccccc1CCCCCCN(CC1CCOC1)c1cccc(SN)n1. The van der Waals surface area contributed by atoms with Crippen molar-refractivity contribution in [3.05, 3.63) is 65.9 Å². The molecular formula is C35H46F3N7O2S. The maximum Gasteiger partial charge on any atom is 0.397 e. The van der Waals surface area contributed by atoms with Crippen molar-refractivity contribution < 1.29 is 22.6 Å². The molecule has 0 saturated carbocycles. The zero-order valence-electron chi connectivity index (χ0n) is 28.0. The molecule has 0 spiro atoms. The van der Waals surface area contributed by atoms with Crippen molar-refractivity contribution in [2.75, 3.05) is 37.8 Å². The number of pyridine rings is 1. The van der Waals surface area contributed by atoms with E-state index in [9.17, 15) is 13.2 Å². The Morgan fingerprint density at radius 3 is 2.65 bits per heavy atom. The Morgan fingerprint density at radius 1 is 1.15 bits per heavy atom. The summed E-state index contributed by atoms with van der Waals surface area (Å²) in [4.78, 5) is 16.0. The van der Waals surface area contributed by atoms with E-state index in [4.69, 9.17) is 19.6 Å². The molecule has 0 amide bonds. The van der Waals surface area contributed by atoms with E-state index in [1.807, 2.05) is 36.4 Å². The number of aryl methyl sites for hydroxylation is 1. The monoisotopic (exact) mass is 685 g/mol. The summed E-state index contributed by atoms with van der Waals surface area (Å²) < 4.78 is 52.5. The van der Waals surface area contributed by atoms with Crippen LogP contribution in [0.25, 0.3) is 11.5 Å². The Balaban J connectivity index is 1.40. The molecule has 48 heavy (non-hydrogen) atoms. The van der Waals surface area contributed by atoms with E-state index in [1.54, 1.807) is 19.3 Å². The molecule has 0 aliphatic carbocycles. The van der Waals surface area contributed by atoms with E-state index in [0.29, 0.717) is 17.4 Å². The van der Waals surface area contributed by atoms with Crippen LogP contribution in [-0.2, 0) is 11.2 Å². The Kier molecular flexibility index (Phi) is 13.7. The summed E-state index contributed by atoms with van der Waals surface area (Å²) in [5, 5.41) is 10.9. The van der Waals surface area contributed by atoms with Crippen molar-refractivity contribution in [3.8, 4) is 5.88 Å². The summed E-state index contributed by atoms with van der Waals surface area (Å²) in [6.07, 6.45) is 4.84. The molecule has 1 aliphatic rings. The molecule has 2 aromatic heterocycles. The van der Waals surface area contributed by atoms with Gasteiger partial charge in [-0.15, -0.1) is 5.10 Å². The lowest BCUT2D eigenvalue weighted by atomic mass is 9.94. The average molecular weight is 686 g/mol. The molecule has 3 aromatic rings. The molecule has 1 aliphatic heterocycles. The first-order valence-electron chi connectivity index (χ1n) is 16.3. The van der Waals surface area contributed by atoms with Gasteiger partial charge in [-0.3, -0.25) is 10.1 Å². The van der Waals surface area contributed by atoms with Gasteiger partial charge in [-0.25, -0.2) is 14.7 Å². The number of unbranched alkanes of at least 4 members (excludes halogenated alkanes) is 3. The molecule has 3 heterocycles. The van der Waals surface area contributed by atoms with Gasteiger partial charge in [0.15, 0.2) is 5.82 Å². The molecule has 1 fully saturated rings. The fourth-order valence-electron chi connectivity index (χ4n) is 5.39. The molecule has 2 N–H and O–H groups in total. The maximum atomic E-state index is 13.3. The number of aromatic nitrogens is 3. The fourth-order valence-corrected chi connectivity index (χ4v) is 5.69. The predicted octanol–water partition coefficient (Wildman–Crippen LogP) is 7.93. The van der Waals surface area contributed by atoms with Gasteiger partial charge in [-0.1, -0.05) is 43.2 Å². The first kappa shape index (κ1) is 37.1. The lowest BCUT2D eigenvalue weighted by Crippen LogP contribution is -2.37. The highest BCUT2D eigenvalue weighted by molar-refractivity contribution is 7.97. The lowest BCUT2D eigenvalue weighted by molar-refractivity contribution is -0.219. The second-order valence-corrected chi connectivity index (χ2v) is 13.1. The van der Waals surface area contributed by atoms with Crippen molar-refractivity contribution in [1.29, 1.82) is 0 Å². The summed E-state index contributed by atoms with van der Waals surface area (Å²) >= 11 is 1.16. The molecule has 1 saturated heterocycles. The van der Waals surface area contributed by atoms with Crippen molar-refractivity contribution in [1.82, 2.24) is 14.8 Å². The summed E-state index contributed by atoms with van der Waals surface area (Å²) in [5.41, 5.74) is 0.465. The number of hydrogen-bond donors (Lipinski definition) is 1. The van der Waals surface area contributed by atoms with E-state index >= 15 is 0 Å². The minimum absolute atomic E-state index is 0.0599. The third-order valence-corrected chi connectivity index (χ3v) is 8.77. The molecular weight excluding hydrogens is 639 g/mol. The molecule has 260 valence electrons. The largest absolute Gasteiger partial charge is 0.476 e. The Morgan fingerprint density at radius 2 is 1.94 bits per heavy atom. The van der Waals surface area contributed by atoms with Crippen LogP contribution in [0.15, 0.2) is 69.7 Å². The Labute approximate surface area is 285 Å².